The molecule has 0 saturated heterocycles. The highest BCUT2D eigenvalue weighted by molar-refractivity contribution is 7.15. The second-order valence-electron chi connectivity index (χ2n) is 7.99. The van der Waals surface area contributed by atoms with Crippen LogP contribution in [0.4, 0.5) is 5.69 Å². The predicted molar refractivity (Wildman–Crippen MR) is 130 cm³/mol. The molecule has 6 nitrogen and oxygen atoms in total. The van der Waals surface area contributed by atoms with Crippen LogP contribution in [0.25, 0.3) is 11.1 Å². The van der Waals surface area contributed by atoms with Crippen LogP contribution >= 0.6 is 22.9 Å². The number of nitriles is 1. The maximum absolute atomic E-state index is 12.7. The third kappa shape index (κ3) is 4.45. The number of halogens is 1. The Hall–Kier alpha value is -3.34. The molecule has 0 aliphatic heterocycles. The summed E-state index contributed by atoms with van der Waals surface area (Å²) in [5.41, 5.74) is 4.05. The van der Waals surface area contributed by atoms with Crippen molar-refractivity contribution < 1.29 is 14.7 Å². The zero-order valence-electron chi connectivity index (χ0n) is 18.2. The first-order valence-corrected chi connectivity index (χ1v) is 11.8. The first-order valence-electron chi connectivity index (χ1n) is 10.6. The molecule has 0 unspecified atom stereocenters. The van der Waals surface area contributed by atoms with Gasteiger partial charge in [0.15, 0.2) is 0 Å². The number of carboxylic acids is 1. The Balaban J connectivity index is 1.73. The number of benzene rings is 1. The smallest absolute Gasteiger partial charge is 0.339 e. The zero-order valence-corrected chi connectivity index (χ0v) is 19.8. The van der Waals surface area contributed by atoms with Gasteiger partial charge < -0.3 is 15.0 Å². The quantitative estimate of drug-likeness (QED) is 0.350. The number of fused-ring (bicyclic) bond motifs is 1. The largest absolute Gasteiger partial charge is 0.478 e. The van der Waals surface area contributed by atoms with Crippen LogP contribution < -0.4 is 5.32 Å². The molecular weight excluding hydrogens is 458 g/mol. The van der Waals surface area contributed by atoms with Gasteiger partial charge in [0.2, 0.25) is 0 Å². The number of rotatable bonds is 5. The molecule has 2 N–H and O–H groups in total. The average Bonchev–Trinajstić information content (AvgIpc) is 3.28. The van der Waals surface area contributed by atoms with Crippen LogP contribution in [-0.2, 0) is 17.6 Å². The van der Waals surface area contributed by atoms with Gasteiger partial charge in [-0.15, -0.1) is 11.3 Å². The number of hydrogen-bond acceptors (Lipinski definition) is 4. The lowest BCUT2D eigenvalue weighted by Gasteiger charge is -2.11. The number of hydrogen-bond donors (Lipinski definition) is 2. The van der Waals surface area contributed by atoms with Gasteiger partial charge in [0.25, 0.3) is 5.91 Å². The van der Waals surface area contributed by atoms with Gasteiger partial charge in [-0.05, 0) is 81.0 Å². The Labute approximate surface area is 200 Å². The van der Waals surface area contributed by atoms with Crippen molar-refractivity contribution in [3.63, 3.8) is 0 Å². The maximum Gasteiger partial charge on any atom is 0.339 e. The Morgan fingerprint density at radius 1 is 1.24 bits per heavy atom. The van der Waals surface area contributed by atoms with Crippen LogP contribution in [0.1, 0.15) is 50.6 Å². The van der Waals surface area contributed by atoms with E-state index in [1.807, 2.05) is 30.6 Å². The summed E-state index contributed by atoms with van der Waals surface area (Å²) in [4.78, 5) is 26.0. The van der Waals surface area contributed by atoms with E-state index in [0.29, 0.717) is 26.8 Å². The predicted octanol–water partition coefficient (Wildman–Crippen LogP) is 5.93. The third-order valence-corrected chi connectivity index (χ3v) is 7.30. The van der Waals surface area contributed by atoms with Crippen molar-refractivity contribution in [1.82, 2.24) is 4.57 Å². The van der Waals surface area contributed by atoms with E-state index < -0.39 is 11.9 Å². The van der Waals surface area contributed by atoms with Crippen LogP contribution in [0.5, 0.6) is 0 Å². The van der Waals surface area contributed by atoms with Gasteiger partial charge in [0.1, 0.15) is 16.6 Å². The van der Waals surface area contributed by atoms with E-state index in [9.17, 15) is 20.0 Å². The van der Waals surface area contributed by atoms with Crippen LogP contribution in [-0.4, -0.2) is 21.6 Å². The molecule has 1 aliphatic carbocycles. The highest BCUT2D eigenvalue weighted by atomic mass is 35.5. The highest BCUT2D eigenvalue weighted by Gasteiger charge is 2.27. The number of aryl methyl sites for hydroxylation is 2. The molecule has 168 valence electrons. The van der Waals surface area contributed by atoms with Crippen molar-refractivity contribution in [2.45, 2.75) is 39.5 Å². The Bertz CT molecular complexity index is 1340. The minimum absolute atomic E-state index is 0.0563. The number of aromatic nitrogens is 1. The van der Waals surface area contributed by atoms with Crippen molar-refractivity contribution >= 4 is 46.6 Å². The lowest BCUT2D eigenvalue weighted by Crippen LogP contribution is -2.13. The highest BCUT2D eigenvalue weighted by Crippen LogP contribution is 2.39. The van der Waals surface area contributed by atoms with Gasteiger partial charge in [0, 0.05) is 27.0 Å². The maximum atomic E-state index is 12.7. The van der Waals surface area contributed by atoms with Gasteiger partial charge in [-0.3, -0.25) is 4.79 Å². The normalized spacial score (nSPS) is 13.3. The molecule has 0 spiro atoms. The van der Waals surface area contributed by atoms with E-state index in [0.717, 1.165) is 47.5 Å². The summed E-state index contributed by atoms with van der Waals surface area (Å²) in [6, 6.07) is 10.5. The molecule has 8 heteroatoms. The van der Waals surface area contributed by atoms with E-state index in [4.69, 9.17) is 11.6 Å². The van der Waals surface area contributed by atoms with Gasteiger partial charge in [-0.2, -0.15) is 5.26 Å². The fourth-order valence-electron chi connectivity index (χ4n) is 4.24. The van der Waals surface area contributed by atoms with E-state index >= 15 is 0 Å². The fraction of sp³-hybridized carbons (Fsp3) is 0.240. The number of nitrogens with one attached hydrogen (secondary N) is 1. The topological polar surface area (TPSA) is 95.1 Å². The van der Waals surface area contributed by atoms with Crippen LogP contribution in [0, 0.1) is 25.2 Å². The number of carbonyl (C=O) groups excluding carboxylic acids is 1. The van der Waals surface area contributed by atoms with E-state index in [-0.39, 0.29) is 5.57 Å². The summed E-state index contributed by atoms with van der Waals surface area (Å²) in [5.74, 6) is -1.46. The summed E-state index contributed by atoms with van der Waals surface area (Å²) in [6.45, 7) is 3.76. The molecule has 0 bridgehead atoms. The van der Waals surface area contributed by atoms with Crippen LogP contribution in [0.3, 0.4) is 0 Å². The van der Waals surface area contributed by atoms with E-state index in [2.05, 4.69) is 5.32 Å². The van der Waals surface area contributed by atoms with Crippen LogP contribution in [0.15, 0.2) is 35.9 Å². The molecule has 1 amide bonds. The summed E-state index contributed by atoms with van der Waals surface area (Å²) >= 11 is 7.49. The Morgan fingerprint density at radius 3 is 2.70 bits per heavy atom. The summed E-state index contributed by atoms with van der Waals surface area (Å²) in [5, 5.41) is 23.4. The molecule has 2 heterocycles. The first kappa shape index (κ1) is 22.8. The van der Waals surface area contributed by atoms with Crippen molar-refractivity contribution in [2.24, 2.45) is 0 Å². The van der Waals surface area contributed by atoms with Crippen molar-refractivity contribution in [3.8, 4) is 11.1 Å². The molecule has 2 aromatic heterocycles. The molecule has 0 radical (unpaired) electrons. The summed E-state index contributed by atoms with van der Waals surface area (Å²) < 4.78 is 1.92. The number of carbonyl (C=O) groups is 2. The molecule has 1 aromatic carbocycles. The number of aromatic carboxylic acids is 1. The third-order valence-electron chi connectivity index (χ3n) is 5.79. The fourth-order valence-corrected chi connectivity index (χ4v) is 5.93. The number of amides is 1. The lowest BCUT2D eigenvalue weighted by molar-refractivity contribution is -0.112. The minimum atomic E-state index is -0.924. The molecule has 0 saturated carbocycles. The van der Waals surface area contributed by atoms with Crippen LogP contribution in [0.2, 0.25) is 5.02 Å². The Morgan fingerprint density at radius 2 is 2.00 bits per heavy atom. The van der Waals surface area contributed by atoms with Gasteiger partial charge in [0.05, 0.1) is 5.56 Å². The van der Waals surface area contributed by atoms with E-state index in [1.54, 1.807) is 24.3 Å². The second kappa shape index (κ2) is 9.26. The van der Waals surface area contributed by atoms with E-state index in [1.165, 1.54) is 17.4 Å². The molecule has 1 aliphatic rings. The van der Waals surface area contributed by atoms with Gasteiger partial charge >= 0.3 is 5.97 Å². The van der Waals surface area contributed by atoms with Gasteiger partial charge in [-0.25, -0.2) is 4.79 Å². The SMILES string of the molecule is Cc1cc(C=C(C#N)C(=O)Nc2cccc(Cl)c2)c(C)n1-c1sc2c(c1C(=O)O)CCCC2. The number of carboxylic acid groups (broad SMARTS) is 1. The minimum Gasteiger partial charge on any atom is -0.478 e. The molecule has 33 heavy (non-hydrogen) atoms. The van der Waals surface area contributed by atoms with Crippen molar-refractivity contribution in [1.29, 1.82) is 5.26 Å². The summed E-state index contributed by atoms with van der Waals surface area (Å²) in [7, 11) is 0. The molecule has 4 rings (SSSR count). The summed E-state index contributed by atoms with van der Waals surface area (Å²) in [6.07, 6.45) is 5.27. The first-order chi connectivity index (χ1) is 15.8. The Kier molecular flexibility index (Phi) is 6.41. The molecule has 0 fully saturated rings. The van der Waals surface area contributed by atoms with Crippen molar-refractivity contribution in [3.05, 3.63) is 73.9 Å². The number of nitrogens with zero attached hydrogens (tertiary/aromatic N) is 2. The second-order valence-corrected chi connectivity index (χ2v) is 9.51. The standard InChI is InChI=1S/C25H22ClN3O3S/c1-14-10-16(11-17(13-27)23(30)28-19-7-5-6-18(26)12-19)15(2)29(14)24-22(25(31)32)20-8-3-4-9-21(20)33-24/h5-7,10-12H,3-4,8-9H2,1-2H3,(H,28,30)(H,31,32). The zero-order chi connectivity index (χ0) is 23.7. The monoisotopic (exact) mass is 479 g/mol. The average molecular weight is 480 g/mol. The number of thiophene rings is 1. The molecular formula is C25H22ClN3O3S. The van der Waals surface area contributed by atoms with Crippen molar-refractivity contribution in [2.75, 3.05) is 5.32 Å². The molecule has 0 atom stereocenters. The van der Waals surface area contributed by atoms with Gasteiger partial charge in [-0.1, -0.05) is 17.7 Å². The lowest BCUT2D eigenvalue weighted by atomic mass is 9.95. The molecule has 3 aromatic rings. The number of anilines is 1.